The van der Waals surface area contributed by atoms with E-state index in [4.69, 9.17) is 4.42 Å². The van der Waals surface area contributed by atoms with Gasteiger partial charge < -0.3 is 19.6 Å². The van der Waals surface area contributed by atoms with E-state index in [1.807, 2.05) is 0 Å². The van der Waals surface area contributed by atoms with Crippen LogP contribution in [0, 0.1) is 0 Å². The third-order valence-corrected chi connectivity index (χ3v) is 4.27. The third-order valence-electron chi connectivity index (χ3n) is 4.27. The molecule has 136 valence electrons. The number of hydrogen-bond acceptors (Lipinski definition) is 5. The molecule has 8 nitrogen and oxygen atoms in total. The maximum absolute atomic E-state index is 5.78. The van der Waals surface area contributed by atoms with E-state index in [1.165, 1.54) is 12.8 Å². The molecule has 0 atom stereocenters. The number of rotatable bonds is 4. The number of hydrogen-bond donors (Lipinski definition) is 2. The van der Waals surface area contributed by atoms with E-state index in [0.29, 0.717) is 24.9 Å². The van der Waals surface area contributed by atoms with E-state index in [1.54, 1.807) is 13.2 Å². The lowest BCUT2D eigenvalue weighted by atomic mass is 9.94. The molecule has 0 saturated carbocycles. The summed E-state index contributed by atoms with van der Waals surface area (Å²) in [6, 6.07) is 0. The molecule has 25 heavy (non-hydrogen) atoms. The van der Waals surface area contributed by atoms with Crippen LogP contribution >= 0.6 is 0 Å². The van der Waals surface area contributed by atoms with E-state index < -0.39 is 0 Å². The van der Waals surface area contributed by atoms with E-state index in [0.717, 1.165) is 30.4 Å². The van der Waals surface area contributed by atoms with Crippen LogP contribution in [0.3, 0.4) is 0 Å². The molecule has 0 fully saturated rings. The second-order valence-corrected chi connectivity index (χ2v) is 7.29. The average Bonchev–Trinajstić information content (AvgIpc) is 3.22. The van der Waals surface area contributed by atoms with Gasteiger partial charge in [0.1, 0.15) is 11.6 Å². The number of oxazole rings is 1. The van der Waals surface area contributed by atoms with Gasteiger partial charge in [-0.1, -0.05) is 20.8 Å². The number of guanidine groups is 1. The van der Waals surface area contributed by atoms with Crippen LogP contribution in [-0.4, -0.2) is 32.8 Å². The number of aromatic nitrogens is 4. The highest BCUT2D eigenvalue weighted by Gasteiger charge is 2.19. The van der Waals surface area contributed by atoms with Gasteiger partial charge in [0.15, 0.2) is 11.8 Å². The van der Waals surface area contributed by atoms with Gasteiger partial charge in [-0.05, 0) is 12.8 Å². The number of nitrogens with zero attached hydrogens (tertiary/aromatic N) is 5. The standard InChI is InChI=1S/C17H27N7O/c1-17(2,3)12-9-19-15(25-12)11-21-16(18-4)20-10-14-23-22-13-7-5-6-8-24(13)14/h9H,5-8,10-11H2,1-4H3,(H2,18,20,21). The Bertz CT molecular complexity index is 739. The van der Waals surface area contributed by atoms with Crippen molar-refractivity contribution >= 4 is 5.96 Å². The zero-order chi connectivity index (χ0) is 17.9. The molecule has 0 radical (unpaired) electrons. The minimum Gasteiger partial charge on any atom is -0.443 e. The summed E-state index contributed by atoms with van der Waals surface area (Å²) in [5, 5.41) is 15.1. The summed E-state index contributed by atoms with van der Waals surface area (Å²) in [5.74, 6) is 4.24. The molecule has 0 saturated heterocycles. The van der Waals surface area contributed by atoms with Crippen molar-refractivity contribution in [2.75, 3.05) is 7.05 Å². The molecule has 3 heterocycles. The molecule has 0 bridgehead atoms. The highest BCUT2D eigenvalue weighted by atomic mass is 16.4. The normalized spacial score (nSPS) is 15.1. The number of aryl methyl sites for hydroxylation is 1. The van der Waals surface area contributed by atoms with Crippen LogP contribution in [0.5, 0.6) is 0 Å². The molecule has 8 heteroatoms. The van der Waals surface area contributed by atoms with E-state index in [2.05, 4.69) is 56.1 Å². The Morgan fingerprint density at radius 2 is 2.04 bits per heavy atom. The molecule has 2 aromatic heterocycles. The highest BCUT2D eigenvalue weighted by molar-refractivity contribution is 5.79. The Morgan fingerprint density at radius 1 is 1.24 bits per heavy atom. The molecule has 2 aromatic rings. The van der Waals surface area contributed by atoms with Crippen molar-refractivity contribution in [3.8, 4) is 0 Å². The first-order valence-corrected chi connectivity index (χ1v) is 8.78. The van der Waals surface area contributed by atoms with Crippen LogP contribution < -0.4 is 10.6 Å². The van der Waals surface area contributed by atoms with E-state index in [-0.39, 0.29) is 5.41 Å². The minimum atomic E-state index is -0.0437. The summed E-state index contributed by atoms with van der Waals surface area (Å²) < 4.78 is 7.99. The molecule has 1 aliphatic heterocycles. The lowest BCUT2D eigenvalue weighted by Gasteiger charge is -2.16. The smallest absolute Gasteiger partial charge is 0.213 e. The maximum atomic E-state index is 5.78. The fourth-order valence-corrected chi connectivity index (χ4v) is 2.78. The predicted molar refractivity (Wildman–Crippen MR) is 95.2 cm³/mol. The van der Waals surface area contributed by atoms with Crippen LogP contribution in [0.1, 0.15) is 56.9 Å². The van der Waals surface area contributed by atoms with Gasteiger partial charge in [-0.25, -0.2) is 4.98 Å². The highest BCUT2D eigenvalue weighted by Crippen LogP contribution is 2.22. The van der Waals surface area contributed by atoms with Gasteiger partial charge in [0.05, 0.1) is 19.3 Å². The van der Waals surface area contributed by atoms with Gasteiger partial charge in [0.2, 0.25) is 5.89 Å². The quantitative estimate of drug-likeness (QED) is 0.648. The predicted octanol–water partition coefficient (Wildman–Crippen LogP) is 1.77. The van der Waals surface area contributed by atoms with Crippen molar-refractivity contribution < 1.29 is 4.42 Å². The Kier molecular flexibility index (Phi) is 5.06. The van der Waals surface area contributed by atoms with Crippen LogP contribution in [0.2, 0.25) is 0 Å². The first-order valence-electron chi connectivity index (χ1n) is 8.78. The summed E-state index contributed by atoms with van der Waals surface area (Å²) >= 11 is 0. The molecule has 0 aliphatic carbocycles. The van der Waals surface area contributed by atoms with Crippen molar-refractivity contribution in [1.29, 1.82) is 0 Å². The van der Waals surface area contributed by atoms with Crippen molar-refractivity contribution in [1.82, 2.24) is 30.4 Å². The van der Waals surface area contributed by atoms with Gasteiger partial charge in [0.25, 0.3) is 0 Å². The molecule has 0 unspecified atom stereocenters. The van der Waals surface area contributed by atoms with Crippen LogP contribution in [0.25, 0.3) is 0 Å². The van der Waals surface area contributed by atoms with Gasteiger partial charge in [-0.2, -0.15) is 0 Å². The Labute approximate surface area is 148 Å². The second kappa shape index (κ2) is 7.25. The molecule has 1 aliphatic rings. The van der Waals surface area contributed by atoms with E-state index >= 15 is 0 Å². The number of nitrogens with one attached hydrogen (secondary N) is 2. The molecule has 0 aromatic carbocycles. The monoisotopic (exact) mass is 345 g/mol. The topological polar surface area (TPSA) is 93.2 Å². The SMILES string of the molecule is CN=C(NCc1ncc(C(C)(C)C)o1)NCc1nnc2n1CCCC2. The lowest BCUT2D eigenvalue weighted by molar-refractivity contribution is 0.379. The Hall–Kier alpha value is -2.38. The van der Waals surface area contributed by atoms with Gasteiger partial charge in [0, 0.05) is 25.4 Å². The van der Waals surface area contributed by atoms with Crippen molar-refractivity contribution in [3.63, 3.8) is 0 Å². The summed E-state index contributed by atoms with van der Waals surface area (Å²) in [6.45, 7) is 8.37. The fourth-order valence-electron chi connectivity index (χ4n) is 2.78. The largest absolute Gasteiger partial charge is 0.443 e. The van der Waals surface area contributed by atoms with Crippen molar-refractivity contribution in [2.24, 2.45) is 4.99 Å². The van der Waals surface area contributed by atoms with Crippen LogP contribution in [-0.2, 0) is 31.5 Å². The van der Waals surface area contributed by atoms with Crippen molar-refractivity contribution in [3.05, 3.63) is 29.5 Å². The molecule has 3 rings (SSSR count). The third kappa shape index (κ3) is 4.18. The minimum absolute atomic E-state index is 0.0437. The molecular formula is C17H27N7O. The molecule has 0 amide bonds. The van der Waals surface area contributed by atoms with Crippen LogP contribution in [0.15, 0.2) is 15.6 Å². The summed E-state index contributed by atoms with van der Waals surface area (Å²) in [5.41, 5.74) is -0.0437. The number of fused-ring (bicyclic) bond motifs is 1. The molecular weight excluding hydrogens is 318 g/mol. The maximum Gasteiger partial charge on any atom is 0.213 e. The van der Waals surface area contributed by atoms with Crippen molar-refractivity contribution in [2.45, 2.75) is 65.1 Å². The Morgan fingerprint density at radius 3 is 2.76 bits per heavy atom. The van der Waals surface area contributed by atoms with Gasteiger partial charge >= 0.3 is 0 Å². The molecule has 2 N–H and O–H groups in total. The number of aliphatic imine (C=N–C) groups is 1. The zero-order valence-corrected chi connectivity index (χ0v) is 15.5. The van der Waals surface area contributed by atoms with Gasteiger partial charge in [-0.3, -0.25) is 4.99 Å². The second-order valence-electron chi connectivity index (χ2n) is 7.29. The zero-order valence-electron chi connectivity index (χ0n) is 15.5. The summed E-state index contributed by atoms with van der Waals surface area (Å²) in [7, 11) is 1.74. The Balaban J connectivity index is 1.53. The first kappa shape index (κ1) is 17.4. The van der Waals surface area contributed by atoms with Gasteiger partial charge in [-0.15, -0.1) is 10.2 Å². The molecule has 0 spiro atoms. The fraction of sp³-hybridized carbons (Fsp3) is 0.647. The summed E-state index contributed by atoms with van der Waals surface area (Å²) in [4.78, 5) is 8.56. The van der Waals surface area contributed by atoms with Crippen LogP contribution in [0.4, 0.5) is 0 Å². The average molecular weight is 345 g/mol. The summed E-state index contributed by atoms with van der Waals surface area (Å²) in [6.07, 6.45) is 5.18. The first-order chi connectivity index (χ1) is 12.0. The van der Waals surface area contributed by atoms with E-state index in [9.17, 15) is 0 Å². The lowest BCUT2D eigenvalue weighted by Crippen LogP contribution is -2.37.